The topological polar surface area (TPSA) is 166 Å². The number of carbonyl (C=O) groups is 5. The molecule has 0 aliphatic rings. The molecule has 0 saturated heterocycles. The molecule has 3 N–H and O–H groups in total. The van der Waals surface area contributed by atoms with Crippen molar-refractivity contribution >= 4 is 29.6 Å². The molecule has 0 aliphatic carbocycles. The zero-order chi connectivity index (χ0) is 39.0. The van der Waals surface area contributed by atoms with E-state index in [-0.39, 0.29) is 25.4 Å². The SMILES string of the molecule is CC#CCOc1ccc(C[C@H](NC(=O)[C@@H](/C=C/CCCCCCC(=O)CCCCCCC)[C@@](O)(CC(=O)O)C(=O)OC(C)(C)C)C(=O)OCC)cc1. The normalized spacial score (nSPS) is 13.6. The number of amides is 1. The van der Waals surface area contributed by atoms with Crippen molar-refractivity contribution < 1.29 is 48.4 Å². The summed E-state index contributed by atoms with van der Waals surface area (Å²) in [6, 6.07) is 5.61. The molecule has 52 heavy (non-hydrogen) atoms. The van der Waals surface area contributed by atoms with Crippen molar-refractivity contribution in [2.75, 3.05) is 13.2 Å². The quantitative estimate of drug-likeness (QED) is 0.0406. The van der Waals surface area contributed by atoms with Crippen molar-refractivity contribution in [3.63, 3.8) is 0 Å². The number of hydrogen-bond acceptors (Lipinski definition) is 9. The second-order valence-corrected chi connectivity index (χ2v) is 13.9. The van der Waals surface area contributed by atoms with Crippen LogP contribution in [0.5, 0.6) is 5.75 Å². The van der Waals surface area contributed by atoms with Crippen molar-refractivity contribution in [1.29, 1.82) is 0 Å². The Bertz CT molecular complexity index is 1350. The molecule has 11 heteroatoms. The van der Waals surface area contributed by atoms with Crippen LogP contribution in [0.25, 0.3) is 0 Å². The number of hydrogen-bond donors (Lipinski definition) is 3. The van der Waals surface area contributed by atoms with Crippen molar-refractivity contribution in [2.24, 2.45) is 5.92 Å². The number of aliphatic carboxylic acids is 1. The Morgan fingerprint density at radius 2 is 1.52 bits per heavy atom. The van der Waals surface area contributed by atoms with E-state index in [2.05, 4.69) is 24.1 Å². The maximum Gasteiger partial charge on any atom is 0.340 e. The first-order chi connectivity index (χ1) is 24.7. The predicted molar refractivity (Wildman–Crippen MR) is 199 cm³/mol. The minimum Gasteiger partial charge on any atom is -0.481 e. The van der Waals surface area contributed by atoms with Crippen LogP contribution in [-0.2, 0) is 39.9 Å². The minimum absolute atomic E-state index is 0.00120. The molecule has 0 aliphatic heterocycles. The van der Waals surface area contributed by atoms with Gasteiger partial charge in [0, 0.05) is 19.3 Å². The number of carboxylic acids is 1. The molecule has 0 unspecified atom stereocenters. The van der Waals surface area contributed by atoms with Gasteiger partial charge in [-0.15, -0.1) is 5.92 Å². The summed E-state index contributed by atoms with van der Waals surface area (Å²) in [5, 5.41) is 24.0. The number of carboxylic acid groups (broad SMARTS) is 1. The molecule has 1 rings (SSSR count). The fraction of sp³-hybridized carbons (Fsp3) is 0.634. The summed E-state index contributed by atoms with van der Waals surface area (Å²) in [6.07, 6.45) is 12.2. The lowest BCUT2D eigenvalue weighted by atomic mass is 9.82. The molecular formula is C41H61NO10. The van der Waals surface area contributed by atoms with Gasteiger partial charge in [-0.05, 0) is 78.0 Å². The largest absolute Gasteiger partial charge is 0.481 e. The van der Waals surface area contributed by atoms with Crippen LogP contribution in [0.15, 0.2) is 36.4 Å². The van der Waals surface area contributed by atoms with Gasteiger partial charge in [0.25, 0.3) is 0 Å². The Balaban J connectivity index is 3.14. The fourth-order valence-corrected chi connectivity index (χ4v) is 5.44. The van der Waals surface area contributed by atoms with Crippen LogP contribution in [0.4, 0.5) is 0 Å². The van der Waals surface area contributed by atoms with Gasteiger partial charge in [-0.1, -0.05) is 75.7 Å². The number of nitrogens with one attached hydrogen (secondary N) is 1. The van der Waals surface area contributed by atoms with Gasteiger partial charge in [0.05, 0.1) is 18.9 Å². The van der Waals surface area contributed by atoms with E-state index >= 15 is 0 Å². The van der Waals surface area contributed by atoms with Gasteiger partial charge in [0.2, 0.25) is 5.91 Å². The van der Waals surface area contributed by atoms with E-state index in [1.165, 1.54) is 18.9 Å². The molecule has 0 radical (unpaired) electrons. The van der Waals surface area contributed by atoms with E-state index in [9.17, 15) is 34.2 Å². The Kier molecular flexibility index (Phi) is 22.0. The lowest BCUT2D eigenvalue weighted by molar-refractivity contribution is -0.187. The number of Topliss-reactive ketones (excluding diaryl/α,β-unsaturated/α-hetero) is 1. The predicted octanol–water partition coefficient (Wildman–Crippen LogP) is 6.67. The monoisotopic (exact) mass is 727 g/mol. The lowest BCUT2D eigenvalue weighted by Crippen LogP contribution is -2.57. The van der Waals surface area contributed by atoms with Crippen LogP contribution in [0.1, 0.15) is 131 Å². The first-order valence-electron chi connectivity index (χ1n) is 18.6. The second kappa shape index (κ2) is 24.9. The van der Waals surface area contributed by atoms with Gasteiger partial charge in [-0.2, -0.15) is 0 Å². The Labute approximate surface area is 310 Å². The van der Waals surface area contributed by atoms with E-state index in [1.807, 2.05) is 0 Å². The molecule has 1 aromatic carbocycles. The third-order valence-corrected chi connectivity index (χ3v) is 8.17. The number of benzene rings is 1. The number of carbonyl (C=O) groups excluding carboxylic acids is 4. The molecule has 3 atom stereocenters. The molecule has 0 heterocycles. The highest BCUT2D eigenvalue weighted by Crippen LogP contribution is 2.29. The smallest absolute Gasteiger partial charge is 0.340 e. The maximum absolute atomic E-state index is 14.0. The standard InChI is InChI=1S/C41H61NO10/c1-7-10-12-15-18-21-32(43)22-19-16-13-14-17-20-23-34(41(49,30-36(44)45)39(48)52-40(4,5)6)37(46)42-35(38(47)50-9-3)29-31-24-26-33(27-25-31)51-28-11-8-2/h20,23-27,34-35,49H,7,9-10,12-19,21-22,28-30H2,1-6H3,(H,42,46)(H,44,45)/b23-20+/t34-,35+,41+/m1/s1. The summed E-state index contributed by atoms with van der Waals surface area (Å²) in [6.45, 7) is 10.4. The molecule has 1 amide bonds. The second-order valence-electron chi connectivity index (χ2n) is 13.9. The summed E-state index contributed by atoms with van der Waals surface area (Å²) in [7, 11) is 0. The van der Waals surface area contributed by atoms with Gasteiger partial charge in [-0.25, -0.2) is 9.59 Å². The van der Waals surface area contributed by atoms with E-state index in [1.54, 1.807) is 65.0 Å². The molecule has 0 saturated carbocycles. The van der Waals surface area contributed by atoms with E-state index in [0.717, 1.165) is 38.5 Å². The van der Waals surface area contributed by atoms with Crippen LogP contribution < -0.4 is 10.1 Å². The number of aliphatic hydroxyl groups is 1. The average Bonchev–Trinajstić information content (AvgIpc) is 3.07. The summed E-state index contributed by atoms with van der Waals surface area (Å²) in [5.41, 5.74) is -3.24. The number of rotatable bonds is 26. The number of allylic oxidation sites excluding steroid dienone is 1. The molecule has 11 nitrogen and oxygen atoms in total. The molecule has 0 aromatic heterocycles. The van der Waals surface area contributed by atoms with E-state index in [0.29, 0.717) is 37.0 Å². The first-order valence-corrected chi connectivity index (χ1v) is 18.6. The maximum atomic E-state index is 14.0. The summed E-state index contributed by atoms with van der Waals surface area (Å²) >= 11 is 0. The molecule has 1 aromatic rings. The summed E-state index contributed by atoms with van der Waals surface area (Å²) < 4.78 is 16.2. The van der Waals surface area contributed by atoms with Crippen LogP contribution in [0.3, 0.4) is 0 Å². The first kappa shape index (κ1) is 45.9. The third kappa shape index (κ3) is 18.9. The highest BCUT2D eigenvalue weighted by atomic mass is 16.6. The highest BCUT2D eigenvalue weighted by molar-refractivity contribution is 5.95. The van der Waals surface area contributed by atoms with Gasteiger partial charge in [0.1, 0.15) is 29.8 Å². The van der Waals surface area contributed by atoms with Gasteiger partial charge < -0.3 is 29.7 Å². The average molecular weight is 728 g/mol. The van der Waals surface area contributed by atoms with Crippen molar-refractivity contribution in [1.82, 2.24) is 5.32 Å². The zero-order valence-electron chi connectivity index (χ0n) is 32.1. The summed E-state index contributed by atoms with van der Waals surface area (Å²) in [5.74, 6) is 0.178. The van der Waals surface area contributed by atoms with Crippen LogP contribution in [-0.4, -0.2) is 70.3 Å². The molecule has 0 fully saturated rings. The summed E-state index contributed by atoms with van der Waals surface area (Å²) in [4.78, 5) is 64.5. The van der Waals surface area contributed by atoms with Crippen molar-refractivity contribution in [3.05, 3.63) is 42.0 Å². The van der Waals surface area contributed by atoms with Crippen LogP contribution in [0.2, 0.25) is 0 Å². The van der Waals surface area contributed by atoms with E-state index < -0.39 is 53.4 Å². The van der Waals surface area contributed by atoms with Crippen molar-refractivity contribution in [3.8, 4) is 17.6 Å². The lowest BCUT2D eigenvalue weighted by Gasteiger charge is -2.34. The van der Waals surface area contributed by atoms with Crippen molar-refractivity contribution in [2.45, 2.75) is 149 Å². The minimum atomic E-state index is -2.80. The Hall–Kier alpha value is -4.17. The third-order valence-electron chi connectivity index (χ3n) is 8.17. The van der Waals surface area contributed by atoms with Crippen LogP contribution >= 0.6 is 0 Å². The van der Waals surface area contributed by atoms with Gasteiger partial charge in [0.15, 0.2) is 5.60 Å². The fourth-order valence-electron chi connectivity index (χ4n) is 5.44. The number of unbranched alkanes of at least 4 members (excludes halogenated alkanes) is 8. The Morgan fingerprint density at radius 1 is 0.904 bits per heavy atom. The molecule has 0 spiro atoms. The number of ether oxygens (including phenoxy) is 3. The van der Waals surface area contributed by atoms with E-state index in [4.69, 9.17) is 14.2 Å². The molecule has 290 valence electrons. The molecular weight excluding hydrogens is 666 g/mol. The zero-order valence-corrected chi connectivity index (χ0v) is 32.1. The van der Waals surface area contributed by atoms with Gasteiger partial charge >= 0.3 is 17.9 Å². The number of esters is 2. The Morgan fingerprint density at radius 3 is 2.08 bits per heavy atom. The highest BCUT2D eigenvalue weighted by Gasteiger charge is 2.51. The van der Waals surface area contributed by atoms with Gasteiger partial charge in [-0.3, -0.25) is 14.4 Å². The number of ketones is 1. The molecule has 0 bridgehead atoms. The van der Waals surface area contributed by atoms with Crippen LogP contribution in [0, 0.1) is 17.8 Å².